The summed E-state index contributed by atoms with van der Waals surface area (Å²) in [6.45, 7) is 0. The third kappa shape index (κ3) is 1.89. The fourth-order valence-corrected chi connectivity index (χ4v) is 2.06. The van der Waals surface area contributed by atoms with Gasteiger partial charge in [0.1, 0.15) is 5.58 Å². The lowest BCUT2D eigenvalue weighted by molar-refractivity contribution is 0.0665. The zero-order valence-electron chi connectivity index (χ0n) is 7.68. The quantitative estimate of drug-likeness (QED) is 0.836. The lowest BCUT2D eigenvalue weighted by Crippen LogP contribution is -1.91. The van der Waals surface area contributed by atoms with Crippen LogP contribution in [0.5, 0.6) is 0 Å². The summed E-state index contributed by atoms with van der Waals surface area (Å²) in [6, 6.07) is 5.10. The maximum atomic E-state index is 11.0. The minimum Gasteiger partial charge on any atom is -0.475 e. The van der Waals surface area contributed by atoms with Crippen molar-refractivity contribution in [1.29, 1.82) is 0 Å². The Morgan fingerprint density at radius 2 is 2.00 bits per heavy atom. The standard InChI is InChI=1S/C9H5ClO5S/c10-16(13,14)6-1-2-7-5(3-6)4-8(15-7)9(11)12/h1-4H,(H,11,12). The summed E-state index contributed by atoms with van der Waals surface area (Å²) in [5.74, 6) is -1.47. The van der Waals surface area contributed by atoms with Gasteiger partial charge >= 0.3 is 5.97 Å². The molecular formula is C9H5ClO5S. The van der Waals surface area contributed by atoms with Crippen LogP contribution < -0.4 is 0 Å². The van der Waals surface area contributed by atoms with Crippen LogP contribution in [0.2, 0.25) is 0 Å². The first kappa shape index (κ1) is 11.0. The number of halogens is 1. The Morgan fingerprint density at radius 3 is 2.56 bits per heavy atom. The Morgan fingerprint density at radius 1 is 1.31 bits per heavy atom. The van der Waals surface area contributed by atoms with Crippen molar-refractivity contribution in [2.75, 3.05) is 0 Å². The Balaban J connectivity index is 2.67. The molecule has 0 bridgehead atoms. The molecule has 0 spiro atoms. The molecule has 1 aromatic heterocycles. The van der Waals surface area contributed by atoms with Gasteiger partial charge in [-0.2, -0.15) is 0 Å². The smallest absolute Gasteiger partial charge is 0.371 e. The lowest BCUT2D eigenvalue weighted by atomic mass is 10.2. The highest BCUT2D eigenvalue weighted by Gasteiger charge is 2.14. The average molecular weight is 261 g/mol. The van der Waals surface area contributed by atoms with Gasteiger partial charge in [0.15, 0.2) is 0 Å². The summed E-state index contributed by atoms with van der Waals surface area (Å²) in [7, 11) is 1.33. The van der Waals surface area contributed by atoms with E-state index in [1.165, 1.54) is 24.3 Å². The third-order valence-electron chi connectivity index (χ3n) is 1.98. The predicted molar refractivity (Wildman–Crippen MR) is 56.2 cm³/mol. The molecule has 0 saturated carbocycles. The summed E-state index contributed by atoms with van der Waals surface area (Å²) >= 11 is 0. The summed E-state index contributed by atoms with van der Waals surface area (Å²) in [4.78, 5) is 10.5. The minimum atomic E-state index is -3.82. The highest BCUT2D eigenvalue weighted by molar-refractivity contribution is 8.13. The first-order valence-corrected chi connectivity index (χ1v) is 6.40. The van der Waals surface area contributed by atoms with Crippen molar-refractivity contribution < 1.29 is 22.7 Å². The van der Waals surface area contributed by atoms with E-state index in [-0.39, 0.29) is 10.7 Å². The Labute approximate surface area is 94.7 Å². The molecule has 7 heteroatoms. The molecule has 0 aliphatic heterocycles. The molecule has 0 aliphatic rings. The fraction of sp³-hybridized carbons (Fsp3) is 0. The van der Waals surface area contributed by atoms with Gasteiger partial charge in [-0.25, -0.2) is 13.2 Å². The van der Waals surface area contributed by atoms with Gasteiger partial charge in [-0.05, 0) is 24.3 Å². The van der Waals surface area contributed by atoms with Gasteiger partial charge in [-0.15, -0.1) is 0 Å². The van der Waals surface area contributed by atoms with E-state index in [1.807, 2.05) is 0 Å². The average Bonchev–Trinajstić information content (AvgIpc) is 2.58. The number of benzene rings is 1. The lowest BCUT2D eigenvalue weighted by Gasteiger charge is -1.94. The van der Waals surface area contributed by atoms with Gasteiger partial charge in [0.2, 0.25) is 5.76 Å². The molecular weight excluding hydrogens is 256 g/mol. The molecule has 2 aromatic rings. The van der Waals surface area contributed by atoms with E-state index in [4.69, 9.17) is 20.2 Å². The molecule has 16 heavy (non-hydrogen) atoms. The van der Waals surface area contributed by atoms with Crippen molar-refractivity contribution in [2.24, 2.45) is 0 Å². The van der Waals surface area contributed by atoms with E-state index in [2.05, 4.69) is 0 Å². The summed E-state index contributed by atoms with van der Waals surface area (Å²) in [6.07, 6.45) is 0. The van der Waals surface area contributed by atoms with E-state index in [1.54, 1.807) is 0 Å². The van der Waals surface area contributed by atoms with E-state index < -0.39 is 15.0 Å². The van der Waals surface area contributed by atoms with Crippen molar-refractivity contribution in [3.05, 3.63) is 30.0 Å². The second-order valence-electron chi connectivity index (χ2n) is 3.05. The maximum absolute atomic E-state index is 11.0. The van der Waals surface area contributed by atoms with Crippen LogP contribution in [-0.2, 0) is 9.05 Å². The zero-order valence-corrected chi connectivity index (χ0v) is 9.25. The van der Waals surface area contributed by atoms with Crippen LogP contribution in [-0.4, -0.2) is 19.5 Å². The van der Waals surface area contributed by atoms with Gasteiger partial charge in [0, 0.05) is 16.1 Å². The number of carbonyl (C=O) groups is 1. The van der Waals surface area contributed by atoms with E-state index in [0.29, 0.717) is 11.0 Å². The predicted octanol–water partition coefficient (Wildman–Crippen LogP) is 2.06. The molecule has 0 radical (unpaired) electrons. The highest BCUT2D eigenvalue weighted by atomic mass is 35.7. The number of fused-ring (bicyclic) bond motifs is 1. The first-order valence-electron chi connectivity index (χ1n) is 4.09. The summed E-state index contributed by atoms with van der Waals surface area (Å²) < 4.78 is 27.0. The van der Waals surface area contributed by atoms with Crippen LogP contribution in [0.25, 0.3) is 11.0 Å². The van der Waals surface area contributed by atoms with Crippen molar-refractivity contribution in [1.82, 2.24) is 0 Å². The Bertz CT molecular complexity index is 670. The molecule has 0 saturated heterocycles. The van der Waals surface area contributed by atoms with Crippen LogP contribution in [0.15, 0.2) is 33.6 Å². The van der Waals surface area contributed by atoms with Gasteiger partial charge < -0.3 is 9.52 Å². The SMILES string of the molecule is O=C(O)c1cc2cc(S(=O)(=O)Cl)ccc2o1. The van der Waals surface area contributed by atoms with E-state index >= 15 is 0 Å². The molecule has 2 rings (SSSR count). The number of aromatic carboxylic acids is 1. The molecule has 0 unspecified atom stereocenters. The molecule has 0 atom stereocenters. The number of hydrogen-bond acceptors (Lipinski definition) is 4. The second kappa shape index (κ2) is 3.50. The molecule has 0 amide bonds. The van der Waals surface area contributed by atoms with Crippen molar-refractivity contribution >= 4 is 36.7 Å². The van der Waals surface area contributed by atoms with Crippen LogP contribution in [0, 0.1) is 0 Å². The van der Waals surface area contributed by atoms with Gasteiger partial charge in [-0.1, -0.05) is 0 Å². The number of rotatable bonds is 2. The number of carboxylic acids is 1. The van der Waals surface area contributed by atoms with E-state index in [0.717, 1.165) is 0 Å². The second-order valence-corrected chi connectivity index (χ2v) is 5.62. The van der Waals surface area contributed by atoms with Crippen LogP contribution >= 0.6 is 10.7 Å². The number of carboxylic acid groups (broad SMARTS) is 1. The van der Waals surface area contributed by atoms with Gasteiger partial charge in [0.05, 0.1) is 4.90 Å². The topological polar surface area (TPSA) is 84.6 Å². The van der Waals surface area contributed by atoms with Crippen LogP contribution in [0.3, 0.4) is 0 Å². The van der Waals surface area contributed by atoms with Gasteiger partial charge in [0.25, 0.3) is 9.05 Å². The van der Waals surface area contributed by atoms with Crippen molar-refractivity contribution in [3.63, 3.8) is 0 Å². The van der Waals surface area contributed by atoms with Crippen molar-refractivity contribution in [3.8, 4) is 0 Å². The zero-order chi connectivity index (χ0) is 11.9. The summed E-state index contributed by atoms with van der Waals surface area (Å²) in [5, 5.41) is 9.05. The monoisotopic (exact) mass is 260 g/mol. The molecule has 1 aromatic carbocycles. The Kier molecular flexibility index (Phi) is 2.40. The highest BCUT2D eigenvalue weighted by Crippen LogP contribution is 2.24. The van der Waals surface area contributed by atoms with E-state index in [9.17, 15) is 13.2 Å². The van der Waals surface area contributed by atoms with Gasteiger partial charge in [-0.3, -0.25) is 0 Å². The van der Waals surface area contributed by atoms with Crippen LogP contribution in [0.4, 0.5) is 0 Å². The molecule has 0 aliphatic carbocycles. The fourth-order valence-electron chi connectivity index (χ4n) is 1.28. The summed E-state index contributed by atoms with van der Waals surface area (Å²) in [5.41, 5.74) is 0.293. The largest absolute Gasteiger partial charge is 0.475 e. The normalized spacial score (nSPS) is 11.8. The maximum Gasteiger partial charge on any atom is 0.371 e. The number of furan rings is 1. The molecule has 1 heterocycles. The Hall–Kier alpha value is -1.53. The first-order chi connectivity index (χ1) is 7.38. The molecule has 5 nitrogen and oxygen atoms in total. The van der Waals surface area contributed by atoms with Crippen molar-refractivity contribution in [2.45, 2.75) is 4.90 Å². The molecule has 0 fully saturated rings. The number of hydrogen-bond donors (Lipinski definition) is 1. The molecule has 1 N–H and O–H groups in total. The third-order valence-corrected chi connectivity index (χ3v) is 3.33. The minimum absolute atomic E-state index is 0.0978. The van der Waals surface area contributed by atoms with Crippen LogP contribution in [0.1, 0.15) is 10.6 Å². The molecule has 84 valence electrons.